The third kappa shape index (κ3) is 4.24. The van der Waals surface area contributed by atoms with E-state index >= 15 is 0 Å². The van der Waals surface area contributed by atoms with Crippen LogP contribution in [-0.2, 0) is 4.79 Å². The number of carboxylic acid groups (broad SMARTS) is 1. The van der Waals surface area contributed by atoms with E-state index < -0.39 is 11.5 Å². The first-order valence-electron chi connectivity index (χ1n) is 4.68. The van der Waals surface area contributed by atoms with Crippen LogP contribution in [0.15, 0.2) is 0 Å². The maximum absolute atomic E-state index is 10.7. The molecule has 0 heterocycles. The summed E-state index contributed by atoms with van der Waals surface area (Å²) in [6, 6.07) is 0. The van der Waals surface area contributed by atoms with E-state index in [0.717, 1.165) is 19.6 Å². The van der Waals surface area contributed by atoms with Gasteiger partial charge in [0, 0.05) is 6.54 Å². The Bertz CT molecular complexity index is 165. The Hall–Kier alpha value is -0.610. The number of hydrogen-bond acceptors (Lipinski definition) is 3. The lowest BCUT2D eigenvalue weighted by molar-refractivity contribution is -0.143. The molecule has 0 saturated heterocycles. The number of hydrogen-bond donors (Lipinski definition) is 2. The van der Waals surface area contributed by atoms with Crippen LogP contribution in [0.2, 0.25) is 0 Å². The average Bonchev–Trinajstić information content (AvgIpc) is 2.06. The number of carboxylic acids is 1. The van der Waals surface area contributed by atoms with Gasteiger partial charge in [0.1, 0.15) is 5.54 Å². The van der Waals surface area contributed by atoms with Gasteiger partial charge in [-0.1, -0.05) is 13.8 Å². The molecule has 0 amide bonds. The Morgan fingerprint density at radius 3 is 2.23 bits per heavy atom. The molecule has 4 heteroatoms. The van der Waals surface area contributed by atoms with Gasteiger partial charge in [0.05, 0.1) is 0 Å². The average molecular weight is 188 g/mol. The largest absolute Gasteiger partial charge is 0.480 e. The first kappa shape index (κ1) is 12.4. The molecule has 0 radical (unpaired) electrons. The predicted molar refractivity (Wildman–Crippen MR) is 52.6 cm³/mol. The van der Waals surface area contributed by atoms with Crippen LogP contribution in [0.1, 0.15) is 27.2 Å². The van der Waals surface area contributed by atoms with Crippen molar-refractivity contribution in [2.24, 2.45) is 5.73 Å². The van der Waals surface area contributed by atoms with Gasteiger partial charge in [-0.3, -0.25) is 4.79 Å². The van der Waals surface area contributed by atoms with Crippen molar-refractivity contribution in [3.8, 4) is 0 Å². The lowest BCUT2D eigenvalue weighted by Gasteiger charge is -2.24. The standard InChI is InChI=1S/C9H20N2O2/c1-4-11(5-2)7-6-9(3,10)8(12)13/h4-7,10H2,1-3H3,(H,12,13). The van der Waals surface area contributed by atoms with Crippen LogP contribution in [0.4, 0.5) is 0 Å². The van der Waals surface area contributed by atoms with Crippen molar-refractivity contribution in [3.05, 3.63) is 0 Å². The maximum atomic E-state index is 10.7. The Kier molecular flexibility index (Phi) is 4.95. The van der Waals surface area contributed by atoms with E-state index in [2.05, 4.69) is 18.7 Å². The number of carbonyl (C=O) groups is 1. The van der Waals surface area contributed by atoms with E-state index in [1.54, 1.807) is 6.92 Å². The summed E-state index contributed by atoms with van der Waals surface area (Å²) in [5, 5.41) is 8.76. The first-order chi connectivity index (χ1) is 5.94. The van der Waals surface area contributed by atoms with Crippen LogP contribution in [0.25, 0.3) is 0 Å². The summed E-state index contributed by atoms with van der Waals surface area (Å²) in [6.07, 6.45) is 0.490. The molecule has 0 bridgehead atoms. The molecule has 0 spiro atoms. The number of nitrogens with two attached hydrogens (primary N) is 1. The Morgan fingerprint density at radius 1 is 1.46 bits per heavy atom. The van der Waals surface area contributed by atoms with Crippen LogP contribution >= 0.6 is 0 Å². The van der Waals surface area contributed by atoms with E-state index in [0.29, 0.717) is 6.42 Å². The highest BCUT2D eigenvalue weighted by atomic mass is 16.4. The van der Waals surface area contributed by atoms with Gasteiger partial charge in [-0.25, -0.2) is 0 Å². The molecule has 4 nitrogen and oxygen atoms in total. The molecule has 0 aliphatic rings. The summed E-state index contributed by atoms with van der Waals surface area (Å²) in [4.78, 5) is 12.8. The summed E-state index contributed by atoms with van der Waals surface area (Å²) in [7, 11) is 0. The van der Waals surface area contributed by atoms with Gasteiger partial charge in [-0.15, -0.1) is 0 Å². The summed E-state index contributed by atoms with van der Waals surface area (Å²) < 4.78 is 0. The summed E-state index contributed by atoms with van der Waals surface area (Å²) in [5.41, 5.74) is 4.50. The third-order valence-corrected chi connectivity index (χ3v) is 2.33. The van der Waals surface area contributed by atoms with Gasteiger partial charge in [-0.2, -0.15) is 0 Å². The monoisotopic (exact) mass is 188 g/mol. The molecule has 1 atom stereocenters. The summed E-state index contributed by atoms with van der Waals surface area (Å²) >= 11 is 0. The smallest absolute Gasteiger partial charge is 0.323 e. The number of rotatable bonds is 6. The molecule has 0 aliphatic heterocycles. The molecule has 0 aromatic rings. The molecule has 13 heavy (non-hydrogen) atoms. The van der Waals surface area contributed by atoms with Crippen molar-refractivity contribution in [2.75, 3.05) is 19.6 Å². The molecule has 0 saturated carbocycles. The second kappa shape index (κ2) is 5.19. The zero-order valence-corrected chi connectivity index (χ0v) is 8.71. The number of aliphatic carboxylic acids is 1. The molecule has 0 rings (SSSR count). The van der Waals surface area contributed by atoms with Crippen LogP contribution in [-0.4, -0.2) is 41.1 Å². The molecular formula is C9H20N2O2. The summed E-state index contributed by atoms with van der Waals surface area (Å²) in [5.74, 6) is -0.931. The maximum Gasteiger partial charge on any atom is 0.323 e. The van der Waals surface area contributed by atoms with E-state index in [-0.39, 0.29) is 0 Å². The minimum Gasteiger partial charge on any atom is -0.480 e. The van der Waals surface area contributed by atoms with E-state index in [4.69, 9.17) is 10.8 Å². The molecular weight excluding hydrogens is 168 g/mol. The van der Waals surface area contributed by atoms with Gasteiger partial charge in [0.2, 0.25) is 0 Å². The van der Waals surface area contributed by atoms with Gasteiger partial charge in [0.15, 0.2) is 0 Å². The normalized spacial score (nSPS) is 15.8. The quantitative estimate of drug-likeness (QED) is 0.637. The molecule has 0 aromatic heterocycles. The third-order valence-electron chi connectivity index (χ3n) is 2.33. The Labute approximate surface area is 79.7 Å². The van der Waals surface area contributed by atoms with Crippen molar-refractivity contribution in [1.82, 2.24) is 4.90 Å². The molecule has 0 aromatic carbocycles. The first-order valence-corrected chi connectivity index (χ1v) is 4.68. The van der Waals surface area contributed by atoms with Crippen molar-refractivity contribution >= 4 is 5.97 Å². The lowest BCUT2D eigenvalue weighted by Crippen LogP contribution is -2.47. The van der Waals surface area contributed by atoms with Gasteiger partial charge >= 0.3 is 5.97 Å². The second-order valence-electron chi connectivity index (χ2n) is 3.50. The Balaban J connectivity index is 3.92. The number of nitrogens with zero attached hydrogens (tertiary/aromatic N) is 1. The van der Waals surface area contributed by atoms with Gasteiger partial charge in [0.25, 0.3) is 0 Å². The zero-order valence-electron chi connectivity index (χ0n) is 8.71. The molecule has 78 valence electrons. The van der Waals surface area contributed by atoms with Crippen LogP contribution in [0.3, 0.4) is 0 Å². The van der Waals surface area contributed by atoms with Crippen molar-refractivity contribution in [3.63, 3.8) is 0 Å². The predicted octanol–water partition coefficient (Wildman–Crippen LogP) is 0.520. The highest BCUT2D eigenvalue weighted by Crippen LogP contribution is 2.06. The van der Waals surface area contributed by atoms with Crippen molar-refractivity contribution in [1.29, 1.82) is 0 Å². The molecule has 3 N–H and O–H groups in total. The van der Waals surface area contributed by atoms with E-state index in [1.807, 2.05) is 0 Å². The molecule has 0 aliphatic carbocycles. The highest BCUT2D eigenvalue weighted by molar-refractivity contribution is 5.77. The molecule has 0 fully saturated rings. The SMILES string of the molecule is CCN(CC)CCC(C)(N)C(=O)O. The van der Waals surface area contributed by atoms with Crippen LogP contribution in [0, 0.1) is 0 Å². The fourth-order valence-corrected chi connectivity index (χ4v) is 1.04. The van der Waals surface area contributed by atoms with Crippen LogP contribution in [0.5, 0.6) is 0 Å². The second-order valence-corrected chi connectivity index (χ2v) is 3.50. The van der Waals surface area contributed by atoms with Crippen molar-refractivity contribution in [2.45, 2.75) is 32.7 Å². The van der Waals surface area contributed by atoms with Gasteiger partial charge in [-0.05, 0) is 26.4 Å². The fraction of sp³-hybridized carbons (Fsp3) is 0.889. The van der Waals surface area contributed by atoms with Crippen molar-refractivity contribution < 1.29 is 9.90 Å². The highest BCUT2D eigenvalue weighted by Gasteiger charge is 2.27. The van der Waals surface area contributed by atoms with E-state index in [9.17, 15) is 4.79 Å². The Morgan fingerprint density at radius 2 is 1.92 bits per heavy atom. The van der Waals surface area contributed by atoms with Gasteiger partial charge < -0.3 is 15.7 Å². The lowest BCUT2D eigenvalue weighted by atomic mass is 9.99. The fourth-order valence-electron chi connectivity index (χ4n) is 1.04. The summed E-state index contributed by atoms with van der Waals surface area (Å²) in [6.45, 7) is 8.28. The minimum atomic E-state index is -1.09. The zero-order chi connectivity index (χ0) is 10.5. The topological polar surface area (TPSA) is 66.6 Å². The minimum absolute atomic E-state index is 0.490. The molecule has 1 unspecified atom stereocenters. The van der Waals surface area contributed by atoms with E-state index in [1.165, 1.54) is 0 Å². The van der Waals surface area contributed by atoms with Crippen LogP contribution < -0.4 is 5.73 Å².